The number of sulfonamides is 1. The zero-order valence-corrected chi connectivity index (χ0v) is 11.3. The van der Waals surface area contributed by atoms with Crippen molar-refractivity contribution in [3.8, 4) is 0 Å². The maximum absolute atomic E-state index is 13.1. The molecule has 1 amide bonds. The molecule has 0 atom stereocenters. The van der Waals surface area contributed by atoms with Crippen LogP contribution in [0.2, 0.25) is 0 Å². The molecule has 2 rings (SSSR count). The second-order valence-electron chi connectivity index (χ2n) is 4.15. The van der Waals surface area contributed by atoms with Gasteiger partial charge in [0.25, 0.3) is 5.91 Å². The SMILES string of the molecule is NS(=O)(=O)c1cc(F)ccc1C(=O)Nc1cccc(F)c1. The normalized spacial score (nSPS) is 11.2. The van der Waals surface area contributed by atoms with Crippen molar-refractivity contribution >= 4 is 21.6 Å². The second kappa shape index (κ2) is 5.58. The Bertz CT molecular complexity index is 807. The van der Waals surface area contributed by atoms with E-state index >= 15 is 0 Å². The Morgan fingerprint density at radius 3 is 2.33 bits per heavy atom. The van der Waals surface area contributed by atoms with E-state index in [1.165, 1.54) is 18.2 Å². The molecule has 0 heterocycles. The van der Waals surface area contributed by atoms with Gasteiger partial charge in [0.05, 0.1) is 10.5 Å². The molecule has 3 N–H and O–H groups in total. The molecule has 2 aromatic rings. The topological polar surface area (TPSA) is 89.3 Å². The Balaban J connectivity index is 2.40. The summed E-state index contributed by atoms with van der Waals surface area (Å²) >= 11 is 0. The third kappa shape index (κ3) is 3.61. The number of halogens is 2. The predicted octanol–water partition coefficient (Wildman–Crippen LogP) is 1.86. The van der Waals surface area contributed by atoms with Crippen molar-refractivity contribution < 1.29 is 22.0 Å². The number of hydrogen-bond donors (Lipinski definition) is 2. The molecule has 0 aromatic heterocycles. The number of nitrogens with two attached hydrogens (primary N) is 1. The first kappa shape index (κ1) is 15.1. The molecule has 0 radical (unpaired) electrons. The highest BCUT2D eigenvalue weighted by molar-refractivity contribution is 7.89. The van der Waals surface area contributed by atoms with E-state index < -0.39 is 32.5 Å². The number of anilines is 1. The average Bonchev–Trinajstić information content (AvgIpc) is 2.37. The first-order chi connectivity index (χ1) is 9.77. The smallest absolute Gasteiger partial charge is 0.257 e. The summed E-state index contributed by atoms with van der Waals surface area (Å²) in [6, 6.07) is 7.59. The van der Waals surface area contributed by atoms with Gasteiger partial charge in [-0.15, -0.1) is 0 Å². The number of rotatable bonds is 3. The van der Waals surface area contributed by atoms with Crippen LogP contribution < -0.4 is 10.5 Å². The van der Waals surface area contributed by atoms with Gasteiger partial charge >= 0.3 is 0 Å². The van der Waals surface area contributed by atoms with E-state index in [2.05, 4.69) is 5.32 Å². The van der Waals surface area contributed by atoms with Crippen molar-refractivity contribution in [2.24, 2.45) is 5.14 Å². The van der Waals surface area contributed by atoms with Gasteiger partial charge in [0.2, 0.25) is 10.0 Å². The van der Waals surface area contributed by atoms with Gasteiger partial charge in [0.1, 0.15) is 11.6 Å². The van der Waals surface area contributed by atoms with E-state index in [9.17, 15) is 22.0 Å². The van der Waals surface area contributed by atoms with Crippen LogP contribution >= 0.6 is 0 Å². The fourth-order valence-corrected chi connectivity index (χ4v) is 2.43. The fraction of sp³-hybridized carbons (Fsp3) is 0. The molecule has 0 spiro atoms. The van der Waals surface area contributed by atoms with Gasteiger partial charge in [0.15, 0.2) is 0 Å². The van der Waals surface area contributed by atoms with E-state index in [1.807, 2.05) is 0 Å². The lowest BCUT2D eigenvalue weighted by Gasteiger charge is -2.09. The maximum atomic E-state index is 13.1. The van der Waals surface area contributed by atoms with E-state index in [0.29, 0.717) is 6.07 Å². The number of benzene rings is 2. The lowest BCUT2D eigenvalue weighted by atomic mass is 10.2. The summed E-state index contributed by atoms with van der Waals surface area (Å²) in [4.78, 5) is 11.4. The Morgan fingerprint density at radius 1 is 1.05 bits per heavy atom. The average molecular weight is 312 g/mol. The molecule has 0 saturated carbocycles. The minimum Gasteiger partial charge on any atom is -0.322 e. The van der Waals surface area contributed by atoms with Crippen LogP contribution in [0.1, 0.15) is 10.4 Å². The Kier molecular flexibility index (Phi) is 4.01. The Morgan fingerprint density at radius 2 is 1.71 bits per heavy atom. The molecule has 0 fully saturated rings. The summed E-state index contributed by atoms with van der Waals surface area (Å²) in [6.07, 6.45) is 0. The zero-order valence-electron chi connectivity index (χ0n) is 10.5. The van der Waals surface area contributed by atoms with E-state index in [1.54, 1.807) is 0 Å². The maximum Gasteiger partial charge on any atom is 0.257 e. The standard InChI is InChI=1S/C13H10F2N2O3S/c14-8-2-1-3-10(6-8)17-13(18)11-5-4-9(15)7-12(11)21(16,19)20/h1-7H,(H,17,18)(H2,16,19,20). The number of primary sulfonamides is 1. The highest BCUT2D eigenvalue weighted by Gasteiger charge is 2.20. The first-order valence-corrected chi connectivity index (χ1v) is 7.21. The van der Waals surface area contributed by atoms with Crippen LogP contribution in [0.25, 0.3) is 0 Å². The summed E-state index contributed by atoms with van der Waals surface area (Å²) in [5.41, 5.74) is -0.201. The zero-order chi connectivity index (χ0) is 15.6. The molecule has 0 unspecified atom stereocenters. The first-order valence-electron chi connectivity index (χ1n) is 5.66. The van der Waals surface area contributed by atoms with Gasteiger partial charge in [-0.2, -0.15) is 0 Å². The molecule has 0 aliphatic carbocycles. The third-order valence-electron chi connectivity index (χ3n) is 2.58. The van der Waals surface area contributed by atoms with Crippen LogP contribution in [0.3, 0.4) is 0 Å². The molecule has 0 saturated heterocycles. The van der Waals surface area contributed by atoms with Gasteiger partial charge < -0.3 is 5.32 Å². The second-order valence-corrected chi connectivity index (χ2v) is 5.68. The van der Waals surface area contributed by atoms with Gasteiger partial charge in [0, 0.05) is 5.69 Å². The number of carbonyl (C=O) groups is 1. The van der Waals surface area contributed by atoms with Crippen LogP contribution in [-0.4, -0.2) is 14.3 Å². The van der Waals surface area contributed by atoms with Crippen molar-refractivity contribution in [1.29, 1.82) is 0 Å². The molecule has 8 heteroatoms. The lowest BCUT2D eigenvalue weighted by Crippen LogP contribution is -2.20. The van der Waals surface area contributed by atoms with Crippen molar-refractivity contribution in [3.63, 3.8) is 0 Å². The minimum atomic E-state index is -4.28. The van der Waals surface area contributed by atoms with Crippen LogP contribution in [-0.2, 0) is 10.0 Å². The van der Waals surface area contributed by atoms with Crippen molar-refractivity contribution in [3.05, 3.63) is 59.7 Å². The molecule has 0 bridgehead atoms. The molecule has 21 heavy (non-hydrogen) atoms. The predicted molar refractivity (Wildman–Crippen MR) is 72.1 cm³/mol. The number of hydrogen-bond acceptors (Lipinski definition) is 3. The molecular formula is C13H10F2N2O3S. The lowest BCUT2D eigenvalue weighted by molar-refractivity contribution is 0.102. The number of amides is 1. The molecule has 2 aromatic carbocycles. The molecular weight excluding hydrogens is 302 g/mol. The van der Waals surface area contributed by atoms with E-state index in [0.717, 1.165) is 18.2 Å². The van der Waals surface area contributed by atoms with Crippen LogP contribution in [0.15, 0.2) is 47.4 Å². The van der Waals surface area contributed by atoms with Gasteiger partial charge in [-0.25, -0.2) is 22.3 Å². The number of nitrogens with one attached hydrogen (secondary N) is 1. The summed E-state index contributed by atoms with van der Waals surface area (Å²) in [5, 5.41) is 7.26. The minimum absolute atomic E-state index is 0.129. The van der Waals surface area contributed by atoms with E-state index in [-0.39, 0.29) is 11.3 Å². The fourth-order valence-electron chi connectivity index (χ4n) is 1.68. The summed E-state index contributed by atoms with van der Waals surface area (Å²) in [6.45, 7) is 0. The van der Waals surface area contributed by atoms with Gasteiger partial charge in [-0.3, -0.25) is 4.79 Å². The van der Waals surface area contributed by atoms with Crippen molar-refractivity contribution in [1.82, 2.24) is 0 Å². The summed E-state index contributed by atoms with van der Waals surface area (Å²) in [7, 11) is -4.28. The van der Waals surface area contributed by atoms with Crippen molar-refractivity contribution in [2.75, 3.05) is 5.32 Å². The summed E-state index contributed by atoms with van der Waals surface area (Å²) < 4.78 is 48.9. The molecule has 110 valence electrons. The van der Waals surface area contributed by atoms with Crippen molar-refractivity contribution in [2.45, 2.75) is 4.90 Å². The molecule has 0 aliphatic rings. The summed E-state index contributed by atoms with van der Waals surface area (Å²) in [5.74, 6) is -2.26. The van der Waals surface area contributed by atoms with Crippen LogP contribution in [0.4, 0.5) is 14.5 Å². The van der Waals surface area contributed by atoms with Gasteiger partial charge in [-0.05, 0) is 36.4 Å². The highest BCUT2D eigenvalue weighted by Crippen LogP contribution is 2.18. The van der Waals surface area contributed by atoms with Gasteiger partial charge in [-0.1, -0.05) is 6.07 Å². The van der Waals surface area contributed by atoms with Crippen LogP contribution in [0.5, 0.6) is 0 Å². The monoisotopic (exact) mass is 312 g/mol. The molecule has 5 nitrogen and oxygen atoms in total. The highest BCUT2D eigenvalue weighted by atomic mass is 32.2. The number of carbonyl (C=O) groups excluding carboxylic acids is 1. The molecule has 0 aliphatic heterocycles. The Hall–Kier alpha value is -2.32. The van der Waals surface area contributed by atoms with Crippen LogP contribution in [0, 0.1) is 11.6 Å². The quantitative estimate of drug-likeness (QED) is 0.906. The Labute approximate surface area is 119 Å². The third-order valence-corrected chi connectivity index (χ3v) is 3.53. The largest absolute Gasteiger partial charge is 0.322 e. The van der Waals surface area contributed by atoms with E-state index in [4.69, 9.17) is 5.14 Å².